The van der Waals surface area contributed by atoms with Crippen LogP contribution < -0.4 is 0 Å². The van der Waals surface area contributed by atoms with Crippen molar-refractivity contribution < 1.29 is 0 Å². The van der Waals surface area contributed by atoms with Crippen molar-refractivity contribution >= 4 is 38.2 Å². The molecule has 340 valence electrons. The van der Waals surface area contributed by atoms with Gasteiger partial charge in [0.2, 0.25) is 0 Å². The van der Waals surface area contributed by atoms with Gasteiger partial charge in [-0.1, -0.05) is 207 Å². The molecule has 1 heterocycles. The first kappa shape index (κ1) is 43.0. The predicted octanol–water partition coefficient (Wildman–Crippen LogP) is 19.0. The lowest BCUT2D eigenvalue weighted by atomic mass is 9.81. The summed E-state index contributed by atoms with van der Waals surface area (Å²) in [5.74, 6) is 1.32. The van der Waals surface area contributed by atoms with E-state index in [1.54, 1.807) is 0 Å². The van der Waals surface area contributed by atoms with Crippen molar-refractivity contribution in [3.63, 3.8) is 0 Å². The van der Waals surface area contributed by atoms with Gasteiger partial charge in [-0.05, 0) is 179 Å². The highest BCUT2D eigenvalue weighted by atomic mass is 15.1. The molecule has 0 N–H and O–H groups in total. The maximum Gasteiger partial charge on any atom is 0.145 e. The summed E-state index contributed by atoms with van der Waals surface area (Å²) in [5, 5.41) is 4.87. The van der Waals surface area contributed by atoms with Crippen LogP contribution in [0, 0.1) is 5.92 Å². The molecule has 13 rings (SSSR count). The summed E-state index contributed by atoms with van der Waals surface area (Å²) in [6.07, 6.45) is 7.87. The van der Waals surface area contributed by atoms with Crippen molar-refractivity contribution in [3.05, 3.63) is 273 Å². The van der Waals surface area contributed by atoms with Gasteiger partial charge < -0.3 is 0 Å². The van der Waals surface area contributed by atoms with Crippen LogP contribution in [0.2, 0.25) is 0 Å². The third-order valence-electron chi connectivity index (χ3n) is 14.6. The second kappa shape index (κ2) is 18.3. The molecule has 0 aliphatic heterocycles. The minimum atomic E-state index is 0.402. The fraction of sp³-hybridized carbons (Fsp3) is 0.0429. The highest BCUT2D eigenvalue weighted by Crippen LogP contribution is 2.48. The Hall–Kier alpha value is -9.11. The minimum absolute atomic E-state index is 0.402. The molecule has 11 aromatic carbocycles. The Labute approximate surface area is 421 Å². The van der Waals surface area contributed by atoms with E-state index in [0.29, 0.717) is 5.92 Å². The molecule has 12 aromatic rings. The summed E-state index contributed by atoms with van der Waals surface area (Å²) < 4.78 is 2.27. The quantitative estimate of drug-likeness (QED) is 0.132. The van der Waals surface area contributed by atoms with Crippen LogP contribution in [0.1, 0.15) is 18.9 Å². The van der Waals surface area contributed by atoms with Crippen molar-refractivity contribution in [2.24, 2.45) is 5.92 Å². The molecule has 1 aromatic heterocycles. The highest BCUT2D eigenvalue weighted by Gasteiger charge is 2.22. The second-order valence-electron chi connectivity index (χ2n) is 19.1. The summed E-state index contributed by atoms with van der Waals surface area (Å²) in [7, 11) is 0. The van der Waals surface area contributed by atoms with E-state index in [4.69, 9.17) is 4.98 Å². The molecule has 0 amide bonds. The molecular formula is C70H50N2. The molecular weight excluding hydrogens is 869 g/mol. The molecule has 1 aliphatic carbocycles. The zero-order valence-corrected chi connectivity index (χ0v) is 40.1. The SMILES string of the molecule is CC1CC=CC=C1c1cc(-c2ccccc2)cc(-c2c3ccccc3c(-c3cc(-c4ccccc4)cc(-c4ccccc4)c3)c3ccc(-c4ccc(-c5nc6ccccc6n5-c5ccccc5)cc4)cc23)c1. The Balaban J connectivity index is 1.07. The highest BCUT2D eigenvalue weighted by molar-refractivity contribution is 6.22. The first-order chi connectivity index (χ1) is 35.6. The third kappa shape index (κ3) is 7.84. The Morgan fingerprint density at radius 1 is 0.361 bits per heavy atom. The molecule has 0 saturated heterocycles. The van der Waals surface area contributed by atoms with Crippen LogP contribution in [0.4, 0.5) is 0 Å². The normalized spacial score (nSPS) is 13.5. The van der Waals surface area contributed by atoms with Gasteiger partial charge in [-0.15, -0.1) is 0 Å². The molecule has 0 fully saturated rings. The molecule has 0 saturated carbocycles. The lowest BCUT2D eigenvalue weighted by molar-refractivity contribution is 0.758. The van der Waals surface area contributed by atoms with E-state index in [0.717, 1.165) is 45.7 Å². The zero-order valence-electron chi connectivity index (χ0n) is 40.1. The van der Waals surface area contributed by atoms with Crippen LogP contribution in [-0.2, 0) is 0 Å². The van der Waals surface area contributed by atoms with E-state index in [2.05, 4.69) is 278 Å². The summed E-state index contributed by atoms with van der Waals surface area (Å²) in [4.78, 5) is 5.20. The van der Waals surface area contributed by atoms with Crippen LogP contribution in [0.5, 0.6) is 0 Å². The van der Waals surface area contributed by atoms with Crippen LogP contribution in [0.3, 0.4) is 0 Å². The van der Waals surface area contributed by atoms with E-state index >= 15 is 0 Å². The van der Waals surface area contributed by atoms with Crippen LogP contribution in [-0.4, -0.2) is 9.55 Å². The van der Waals surface area contributed by atoms with E-state index in [-0.39, 0.29) is 0 Å². The fourth-order valence-corrected chi connectivity index (χ4v) is 11.1. The molecule has 2 nitrogen and oxygen atoms in total. The first-order valence-corrected chi connectivity index (χ1v) is 25.1. The van der Waals surface area contributed by atoms with Crippen molar-refractivity contribution in [2.45, 2.75) is 13.3 Å². The standard InChI is InChI=1S/C70H50N2/c1-47-20-14-15-29-61(47)57-41-56(50-25-10-4-11-26-50)44-59(45-57)69-63-31-17-16-30-62(63)68(58-42-54(48-21-6-2-7-22-48)40-55(43-58)49-23-8-3-9-24-49)64-39-38-53(46-65(64)69)51-34-36-52(37-35-51)70-71-66-32-18-19-33-67(66)72(70)60-27-12-5-13-28-60/h2-19,21-47H,20H2,1H3. The second-order valence-corrected chi connectivity index (χ2v) is 19.1. The van der Waals surface area contributed by atoms with Gasteiger partial charge in [0, 0.05) is 11.3 Å². The molecule has 0 radical (unpaired) electrons. The Morgan fingerprint density at radius 3 is 1.40 bits per heavy atom. The number of nitrogens with zero attached hydrogens (tertiary/aromatic N) is 2. The van der Waals surface area contributed by atoms with Crippen molar-refractivity contribution in [2.75, 3.05) is 0 Å². The van der Waals surface area contributed by atoms with Gasteiger partial charge in [0.05, 0.1) is 11.0 Å². The molecule has 0 spiro atoms. The average Bonchev–Trinajstić information content (AvgIpc) is 3.85. The van der Waals surface area contributed by atoms with Gasteiger partial charge >= 0.3 is 0 Å². The molecule has 1 unspecified atom stereocenters. The number of aromatic nitrogens is 2. The zero-order chi connectivity index (χ0) is 48.0. The van der Waals surface area contributed by atoms with E-state index < -0.39 is 0 Å². The van der Waals surface area contributed by atoms with Crippen LogP contribution >= 0.6 is 0 Å². The topological polar surface area (TPSA) is 17.8 Å². The number of allylic oxidation sites excluding steroid dienone is 4. The monoisotopic (exact) mass is 918 g/mol. The molecule has 72 heavy (non-hydrogen) atoms. The maximum absolute atomic E-state index is 5.20. The Morgan fingerprint density at radius 2 is 0.806 bits per heavy atom. The third-order valence-corrected chi connectivity index (χ3v) is 14.6. The van der Waals surface area contributed by atoms with Crippen LogP contribution in [0.25, 0.3) is 122 Å². The summed E-state index contributed by atoms with van der Waals surface area (Å²) >= 11 is 0. The number of hydrogen-bond donors (Lipinski definition) is 0. The number of imidazole rings is 1. The number of rotatable bonds is 9. The van der Waals surface area contributed by atoms with Crippen molar-refractivity contribution in [3.8, 4) is 83.8 Å². The van der Waals surface area contributed by atoms with E-state index in [9.17, 15) is 0 Å². The number of hydrogen-bond acceptors (Lipinski definition) is 1. The van der Waals surface area contributed by atoms with E-state index in [1.165, 1.54) is 88.3 Å². The minimum Gasteiger partial charge on any atom is -0.292 e. The smallest absolute Gasteiger partial charge is 0.145 e. The number of benzene rings is 11. The number of fused-ring (bicyclic) bond motifs is 3. The first-order valence-electron chi connectivity index (χ1n) is 25.1. The van der Waals surface area contributed by atoms with Gasteiger partial charge in [-0.25, -0.2) is 4.98 Å². The van der Waals surface area contributed by atoms with Crippen LogP contribution in [0.15, 0.2) is 267 Å². The predicted molar refractivity (Wildman–Crippen MR) is 305 cm³/mol. The van der Waals surface area contributed by atoms with Gasteiger partial charge in [-0.2, -0.15) is 0 Å². The summed E-state index contributed by atoms with van der Waals surface area (Å²) in [6, 6.07) is 91.1. The summed E-state index contributed by atoms with van der Waals surface area (Å²) in [6.45, 7) is 2.35. The van der Waals surface area contributed by atoms with Crippen molar-refractivity contribution in [1.29, 1.82) is 0 Å². The van der Waals surface area contributed by atoms with Gasteiger partial charge in [0.15, 0.2) is 0 Å². The molecule has 2 heteroatoms. The fourth-order valence-electron chi connectivity index (χ4n) is 11.1. The van der Waals surface area contributed by atoms with E-state index in [1.807, 2.05) is 0 Å². The maximum atomic E-state index is 5.20. The average molecular weight is 919 g/mol. The van der Waals surface area contributed by atoms with Gasteiger partial charge in [0.25, 0.3) is 0 Å². The molecule has 0 bridgehead atoms. The molecule has 1 aliphatic rings. The summed E-state index contributed by atoms with van der Waals surface area (Å²) in [5.41, 5.74) is 21.2. The van der Waals surface area contributed by atoms with Crippen molar-refractivity contribution in [1.82, 2.24) is 9.55 Å². The molecule has 1 atom stereocenters. The lowest BCUT2D eigenvalue weighted by Gasteiger charge is -2.22. The van der Waals surface area contributed by atoms with Gasteiger partial charge in [-0.3, -0.25) is 4.57 Å². The lowest BCUT2D eigenvalue weighted by Crippen LogP contribution is -2.01. The Bertz CT molecular complexity index is 3970. The number of para-hydroxylation sites is 3. The largest absolute Gasteiger partial charge is 0.292 e. The van der Waals surface area contributed by atoms with Gasteiger partial charge in [0.1, 0.15) is 5.82 Å². The Kier molecular flexibility index (Phi) is 10.9.